The number of rotatable bonds is 2. The lowest BCUT2D eigenvalue weighted by atomic mass is 9.94. The lowest BCUT2D eigenvalue weighted by molar-refractivity contribution is -0.139. The molecule has 1 heterocycles. The fraction of sp³-hybridized carbons (Fsp3) is 0.579. The normalized spacial score (nSPS) is 16.2. The highest BCUT2D eigenvalue weighted by Gasteiger charge is 2.29. The van der Waals surface area contributed by atoms with E-state index in [9.17, 15) is 9.59 Å². The molecule has 1 aromatic carbocycles. The lowest BCUT2D eigenvalue weighted by Crippen LogP contribution is -2.42. The summed E-state index contributed by atoms with van der Waals surface area (Å²) in [6.45, 7) is 10.6. The Labute approximate surface area is 139 Å². The molecule has 1 aromatic rings. The van der Waals surface area contributed by atoms with Crippen molar-refractivity contribution >= 4 is 11.8 Å². The smallest absolute Gasteiger partial charge is 0.228 e. The fourth-order valence-electron chi connectivity index (χ4n) is 2.84. The van der Waals surface area contributed by atoms with Gasteiger partial charge < -0.3 is 9.80 Å². The minimum atomic E-state index is -0.360. The summed E-state index contributed by atoms with van der Waals surface area (Å²) < 4.78 is 0. The van der Waals surface area contributed by atoms with Gasteiger partial charge in [0.2, 0.25) is 11.8 Å². The predicted molar refractivity (Wildman–Crippen MR) is 92.1 cm³/mol. The Morgan fingerprint density at radius 3 is 2.13 bits per heavy atom. The van der Waals surface area contributed by atoms with Crippen LogP contribution in [0.2, 0.25) is 0 Å². The van der Waals surface area contributed by atoms with Gasteiger partial charge in [0.25, 0.3) is 0 Å². The molecule has 0 unspecified atom stereocenters. The summed E-state index contributed by atoms with van der Waals surface area (Å²) in [5, 5.41) is 0. The molecular formula is C19H28N2O2. The van der Waals surface area contributed by atoms with E-state index >= 15 is 0 Å². The van der Waals surface area contributed by atoms with E-state index < -0.39 is 0 Å². The number of carbonyl (C=O) groups excluding carboxylic acids is 2. The summed E-state index contributed by atoms with van der Waals surface area (Å²) in [5.74, 6) is 0.323. The Kier molecular flexibility index (Phi) is 5.45. The van der Waals surface area contributed by atoms with Gasteiger partial charge in [-0.25, -0.2) is 0 Å². The first-order valence-electron chi connectivity index (χ1n) is 8.40. The van der Waals surface area contributed by atoms with Crippen molar-refractivity contribution in [2.45, 2.75) is 40.5 Å². The molecule has 1 aliphatic rings. The van der Waals surface area contributed by atoms with Crippen molar-refractivity contribution in [2.24, 2.45) is 5.41 Å². The number of nitrogens with zero attached hydrogens (tertiary/aromatic N) is 2. The van der Waals surface area contributed by atoms with Crippen LogP contribution in [0.5, 0.6) is 0 Å². The first-order valence-corrected chi connectivity index (χ1v) is 8.40. The molecule has 2 amide bonds. The van der Waals surface area contributed by atoms with Crippen LogP contribution >= 0.6 is 0 Å². The second-order valence-electron chi connectivity index (χ2n) is 7.44. The number of aryl methyl sites for hydroxylation is 1. The molecule has 23 heavy (non-hydrogen) atoms. The Morgan fingerprint density at radius 1 is 0.957 bits per heavy atom. The van der Waals surface area contributed by atoms with Crippen molar-refractivity contribution in [1.29, 1.82) is 0 Å². The average Bonchev–Trinajstić information content (AvgIpc) is 2.73. The van der Waals surface area contributed by atoms with Crippen molar-refractivity contribution in [1.82, 2.24) is 9.80 Å². The topological polar surface area (TPSA) is 40.6 Å². The largest absolute Gasteiger partial charge is 0.341 e. The zero-order valence-corrected chi connectivity index (χ0v) is 14.8. The molecule has 0 aromatic heterocycles. The van der Waals surface area contributed by atoms with Gasteiger partial charge in [0.15, 0.2) is 0 Å². The van der Waals surface area contributed by atoms with Gasteiger partial charge in [0.1, 0.15) is 0 Å². The van der Waals surface area contributed by atoms with E-state index in [4.69, 9.17) is 0 Å². The van der Waals surface area contributed by atoms with Crippen LogP contribution in [-0.4, -0.2) is 47.8 Å². The number of carbonyl (C=O) groups is 2. The number of amides is 2. The summed E-state index contributed by atoms with van der Waals surface area (Å²) in [7, 11) is 0. The average molecular weight is 316 g/mol. The minimum absolute atomic E-state index is 0.152. The number of hydrogen-bond acceptors (Lipinski definition) is 2. The Hall–Kier alpha value is -1.84. The van der Waals surface area contributed by atoms with E-state index in [1.807, 2.05) is 61.8 Å². The van der Waals surface area contributed by atoms with Crippen molar-refractivity contribution < 1.29 is 9.59 Å². The molecular weight excluding hydrogens is 288 g/mol. The SMILES string of the molecule is Cc1ccc(CC(=O)N2CCCN(C(=O)C(C)(C)C)CC2)cc1. The van der Waals surface area contributed by atoms with E-state index in [0.29, 0.717) is 19.5 Å². The Bertz CT molecular complexity index is 558. The molecule has 0 atom stereocenters. The van der Waals surface area contributed by atoms with Gasteiger partial charge in [-0.3, -0.25) is 9.59 Å². The molecule has 1 aliphatic heterocycles. The van der Waals surface area contributed by atoms with Crippen LogP contribution in [0, 0.1) is 12.3 Å². The molecule has 4 nitrogen and oxygen atoms in total. The van der Waals surface area contributed by atoms with Gasteiger partial charge in [-0.1, -0.05) is 50.6 Å². The van der Waals surface area contributed by atoms with Gasteiger partial charge in [-0.15, -0.1) is 0 Å². The van der Waals surface area contributed by atoms with Gasteiger partial charge in [0, 0.05) is 31.6 Å². The van der Waals surface area contributed by atoms with Crippen molar-refractivity contribution in [3.63, 3.8) is 0 Å². The highest BCUT2D eigenvalue weighted by Crippen LogP contribution is 2.19. The molecule has 4 heteroatoms. The fourth-order valence-corrected chi connectivity index (χ4v) is 2.84. The van der Waals surface area contributed by atoms with E-state index in [0.717, 1.165) is 25.1 Å². The van der Waals surface area contributed by atoms with Crippen LogP contribution in [0.15, 0.2) is 24.3 Å². The van der Waals surface area contributed by atoms with Crippen molar-refractivity contribution in [3.05, 3.63) is 35.4 Å². The zero-order chi connectivity index (χ0) is 17.0. The summed E-state index contributed by atoms with van der Waals surface area (Å²) in [6, 6.07) is 8.10. The molecule has 0 bridgehead atoms. The van der Waals surface area contributed by atoms with E-state index in [-0.39, 0.29) is 17.2 Å². The van der Waals surface area contributed by atoms with E-state index in [1.165, 1.54) is 5.56 Å². The molecule has 2 rings (SSSR count). The number of hydrogen-bond donors (Lipinski definition) is 0. The van der Waals surface area contributed by atoms with E-state index in [2.05, 4.69) is 0 Å². The van der Waals surface area contributed by atoms with Gasteiger partial charge >= 0.3 is 0 Å². The predicted octanol–water partition coefficient (Wildman–Crippen LogP) is 2.64. The second kappa shape index (κ2) is 7.16. The maximum atomic E-state index is 12.5. The van der Waals surface area contributed by atoms with Crippen LogP contribution in [-0.2, 0) is 16.0 Å². The van der Waals surface area contributed by atoms with Gasteiger partial charge in [0.05, 0.1) is 6.42 Å². The maximum absolute atomic E-state index is 12.5. The number of benzene rings is 1. The van der Waals surface area contributed by atoms with Crippen LogP contribution in [0.3, 0.4) is 0 Å². The van der Waals surface area contributed by atoms with Crippen LogP contribution in [0.1, 0.15) is 38.3 Å². The van der Waals surface area contributed by atoms with Crippen molar-refractivity contribution in [2.75, 3.05) is 26.2 Å². The molecule has 1 fully saturated rings. The second-order valence-corrected chi connectivity index (χ2v) is 7.44. The third kappa shape index (κ3) is 4.81. The molecule has 126 valence electrons. The molecule has 0 aliphatic carbocycles. The quantitative estimate of drug-likeness (QED) is 0.841. The maximum Gasteiger partial charge on any atom is 0.228 e. The molecule has 1 saturated heterocycles. The van der Waals surface area contributed by atoms with Crippen LogP contribution < -0.4 is 0 Å². The monoisotopic (exact) mass is 316 g/mol. The molecule has 0 saturated carbocycles. The van der Waals surface area contributed by atoms with Gasteiger partial charge in [-0.05, 0) is 18.9 Å². The highest BCUT2D eigenvalue weighted by atomic mass is 16.2. The summed E-state index contributed by atoms with van der Waals surface area (Å²) in [6.07, 6.45) is 1.29. The zero-order valence-electron chi connectivity index (χ0n) is 14.8. The molecule has 0 spiro atoms. The lowest BCUT2D eigenvalue weighted by Gasteiger charge is -2.28. The van der Waals surface area contributed by atoms with Crippen molar-refractivity contribution in [3.8, 4) is 0 Å². The van der Waals surface area contributed by atoms with Crippen LogP contribution in [0.25, 0.3) is 0 Å². The van der Waals surface area contributed by atoms with E-state index in [1.54, 1.807) is 0 Å². The molecule has 0 N–H and O–H groups in total. The Morgan fingerprint density at radius 2 is 1.52 bits per heavy atom. The summed E-state index contributed by atoms with van der Waals surface area (Å²) in [5.41, 5.74) is 1.89. The molecule has 0 radical (unpaired) electrons. The third-order valence-corrected chi connectivity index (χ3v) is 4.25. The van der Waals surface area contributed by atoms with Gasteiger partial charge in [-0.2, -0.15) is 0 Å². The highest BCUT2D eigenvalue weighted by molar-refractivity contribution is 5.82. The third-order valence-electron chi connectivity index (χ3n) is 4.25. The summed E-state index contributed by atoms with van der Waals surface area (Å²) in [4.78, 5) is 28.7. The minimum Gasteiger partial charge on any atom is -0.341 e. The van der Waals surface area contributed by atoms with Crippen LogP contribution in [0.4, 0.5) is 0 Å². The summed E-state index contributed by atoms with van der Waals surface area (Å²) >= 11 is 0. The Balaban J connectivity index is 1.93. The first-order chi connectivity index (χ1) is 10.8. The first kappa shape index (κ1) is 17.5. The standard InChI is InChI=1S/C19H28N2O2/c1-15-6-8-16(9-7-15)14-17(22)20-10-5-11-21(13-12-20)18(23)19(2,3)4/h6-9H,5,10-14H2,1-4H3.